The lowest BCUT2D eigenvalue weighted by Gasteiger charge is -2.61. The van der Waals surface area contributed by atoms with E-state index in [2.05, 4.69) is 6.92 Å². The standard InChI is InChI=1S/C32H46O7/c1-17(27(38)39-9)12-19(33)13-18(2)30(6)16-24(37)32(8)26-20(34)14-22-28(3,4)23(36)10-11-29(22,5)25(26)21(35)15-31(30,32)7/h13,17,22-24,36-37H,10-12,14-16H2,1-9H3. The van der Waals surface area contributed by atoms with Crippen LogP contribution in [0.1, 0.15) is 93.9 Å². The van der Waals surface area contributed by atoms with Gasteiger partial charge in [0.25, 0.3) is 0 Å². The highest BCUT2D eigenvalue weighted by atomic mass is 16.5. The van der Waals surface area contributed by atoms with E-state index in [0.29, 0.717) is 30.4 Å². The highest BCUT2D eigenvalue weighted by Crippen LogP contribution is 2.74. The molecule has 0 heterocycles. The summed E-state index contributed by atoms with van der Waals surface area (Å²) in [5.74, 6) is -1.58. The third kappa shape index (κ3) is 3.82. The van der Waals surface area contributed by atoms with Gasteiger partial charge in [-0.1, -0.05) is 54.0 Å². The fraction of sp³-hybridized carbons (Fsp3) is 0.750. The molecule has 0 radical (unpaired) electrons. The van der Waals surface area contributed by atoms with Crippen LogP contribution < -0.4 is 0 Å². The minimum Gasteiger partial charge on any atom is -0.469 e. The summed E-state index contributed by atoms with van der Waals surface area (Å²) >= 11 is 0. The average molecular weight is 543 g/mol. The Labute approximate surface area is 232 Å². The largest absolute Gasteiger partial charge is 0.469 e. The first kappa shape index (κ1) is 29.9. The van der Waals surface area contributed by atoms with E-state index in [1.165, 1.54) is 7.11 Å². The van der Waals surface area contributed by atoms with Crippen molar-refractivity contribution >= 4 is 23.3 Å². The molecule has 8 atom stereocenters. The summed E-state index contributed by atoms with van der Waals surface area (Å²) in [7, 11) is 1.29. The number of methoxy groups -OCH3 is 1. The minimum atomic E-state index is -0.978. The number of aliphatic hydroxyl groups excluding tert-OH is 2. The monoisotopic (exact) mass is 542 g/mol. The fourth-order valence-electron chi connectivity index (χ4n) is 9.17. The number of aliphatic hydroxyl groups is 2. The Morgan fingerprint density at radius 1 is 1.03 bits per heavy atom. The van der Waals surface area contributed by atoms with Crippen molar-refractivity contribution in [1.82, 2.24) is 0 Å². The van der Waals surface area contributed by atoms with Gasteiger partial charge in [-0.25, -0.2) is 0 Å². The zero-order valence-corrected chi connectivity index (χ0v) is 25.1. The molecule has 39 heavy (non-hydrogen) atoms. The van der Waals surface area contributed by atoms with E-state index in [-0.39, 0.29) is 42.5 Å². The van der Waals surface area contributed by atoms with Gasteiger partial charge in [0, 0.05) is 41.2 Å². The number of hydrogen-bond acceptors (Lipinski definition) is 7. The van der Waals surface area contributed by atoms with Gasteiger partial charge in [0.1, 0.15) is 0 Å². The van der Waals surface area contributed by atoms with Crippen molar-refractivity contribution in [3.63, 3.8) is 0 Å². The van der Waals surface area contributed by atoms with Crippen molar-refractivity contribution in [1.29, 1.82) is 0 Å². The molecular weight excluding hydrogens is 496 g/mol. The van der Waals surface area contributed by atoms with Gasteiger partial charge < -0.3 is 14.9 Å². The van der Waals surface area contributed by atoms with E-state index < -0.39 is 51.2 Å². The van der Waals surface area contributed by atoms with E-state index >= 15 is 0 Å². The fourth-order valence-corrected chi connectivity index (χ4v) is 9.17. The van der Waals surface area contributed by atoms with Gasteiger partial charge >= 0.3 is 5.97 Å². The van der Waals surface area contributed by atoms with Gasteiger partial charge in [-0.2, -0.15) is 0 Å². The highest BCUT2D eigenvalue weighted by molar-refractivity contribution is 6.11. The molecule has 0 aromatic rings. The predicted molar refractivity (Wildman–Crippen MR) is 146 cm³/mol. The van der Waals surface area contributed by atoms with Crippen molar-refractivity contribution in [3.8, 4) is 0 Å². The minimum absolute atomic E-state index is 0.00469. The molecule has 4 aliphatic carbocycles. The SMILES string of the molecule is COC(=O)C(C)CC(=O)C=C(C)C1(C)CC(O)C2(C)C3=C(C(=O)CC12C)C1(C)CCC(O)C(C)(C)C1CC3=O. The van der Waals surface area contributed by atoms with E-state index in [1.807, 2.05) is 41.5 Å². The molecule has 0 bridgehead atoms. The second-order valence-electron chi connectivity index (χ2n) is 14.3. The van der Waals surface area contributed by atoms with Gasteiger partial charge in [-0.3, -0.25) is 19.2 Å². The average Bonchev–Trinajstić information content (AvgIpc) is 3.00. The Bertz CT molecular complexity index is 1190. The van der Waals surface area contributed by atoms with E-state index in [4.69, 9.17) is 4.74 Å². The molecule has 0 aromatic carbocycles. The van der Waals surface area contributed by atoms with E-state index in [1.54, 1.807) is 13.0 Å². The molecule has 2 N–H and O–H groups in total. The molecule has 2 fully saturated rings. The number of fused-ring (bicyclic) bond motifs is 4. The van der Waals surface area contributed by atoms with Crippen LogP contribution in [-0.4, -0.2) is 52.8 Å². The number of Topliss-reactive ketones (excluding diaryl/α,β-unsaturated/α-hetero) is 2. The molecule has 216 valence electrons. The van der Waals surface area contributed by atoms with Crippen molar-refractivity contribution < 1.29 is 34.1 Å². The Kier molecular flexibility index (Phi) is 7.04. The summed E-state index contributed by atoms with van der Waals surface area (Å²) in [6.07, 6.45) is 2.00. The normalized spacial score (nSPS) is 42.4. The quantitative estimate of drug-likeness (QED) is 0.387. The number of carbonyl (C=O) groups excluding carboxylic acids is 4. The molecule has 4 rings (SSSR count). The van der Waals surface area contributed by atoms with Crippen molar-refractivity contribution in [2.45, 2.75) is 106 Å². The second-order valence-corrected chi connectivity index (χ2v) is 14.3. The van der Waals surface area contributed by atoms with E-state index in [0.717, 1.165) is 5.57 Å². The molecule has 0 saturated heterocycles. The first-order valence-corrected chi connectivity index (χ1v) is 14.3. The first-order valence-electron chi connectivity index (χ1n) is 14.3. The topological polar surface area (TPSA) is 118 Å². The second kappa shape index (κ2) is 9.20. The number of rotatable bonds is 5. The highest BCUT2D eigenvalue weighted by Gasteiger charge is 2.73. The van der Waals surface area contributed by atoms with Crippen LogP contribution in [0.4, 0.5) is 0 Å². The number of ketones is 3. The molecule has 0 spiro atoms. The maximum Gasteiger partial charge on any atom is 0.308 e. The van der Waals surface area contributed by atoms with Crippen molar-refractivity contribution in [2.24, 2.45) is 38.9 Å². The van der Waals surface area contributed by atoms with Crippen LogP contribution in [0, 0.1) is 38.9 Å². The third-order valence-corrected chi connectivity index (χ3v) is 12.3. The lowest BCUT2D eigenvalue weighted by Crippen LogP contribution is -2.60. The first-order chi connectivity index (χ1) is 17.8. The number of esters is 1. The van der Waals surface area contributed by atoms with Crippen molar-refractivity contribution in [2.75, 3.05) is 7.11 Å². The number of ether oxygens (including phenoxy) is 1. The maximum absolute atomic E-state index is 14.2. The van der Waals surface area contributed by atoms with Crippen molar-refractivity contribution in [3.05, 3.63) is 22.8 Å². The van der Waals surface area contributed by atoms with Crippen LogP contribution in [0.3, 0.4) is 0 Å². The summed E-state index contributed by atoms with van der Waals surface area (Å²) in [6, 6.07) is 0. The van der Waals surface area contributed by atoms with Gasteiger partial charge in [-0.15, -0.1) is 0 Å². The molecule has 2 saturated carbocycles. The summed E-state index contributed by atoms with van der Waals surface area (Å²) in [5, 5.41) is 22.6. The van der Waals surface area contributed by atoms with Gasteiger partial charge in [-0.05, 0) is 54.4 Å². The summed E-state index contributed by atoms with van der Waals surface area (Å²) in [4.78, 5) is 53.1. The molecule has 4 aliphatic rings. The number of carbonyl (C=O) groups is 4. The molecule has 0 aliphatic heterocycles. The van der Waals surface area contributed by atoms with Gasteiger partial charge in [0.05, 0.1) is 25.2 Å². The summed E-state index contributed by atoms with van der Waals surface area (Å²) in [5.41, 5.74) is -1.83. The van der Waals surface area contributed by atoms with Crippen LogP contribution in [0.15, 0.2) is 22.8 Å². The Balaban J connectivity index is 1.82. The molecular formula is C32H46O7. The zero-order chi connectivity index (χ0) is 29.5. The molecule has 0 aromatic heterocycles. The Hall–Kier alpha value is -2.12. The number of hydrogen-bond donors (Lipinski definition) is 2. The lowest BCUT2D eigenvalue weighted by atomic mass is 9.41. The van der Waals surface area contributed by atoms with Crippen LogP contribution in [0.25, 0.3) is 0 Å². The smallest absolute Gasteiger partial charge is 0.308 e. The Morgan fingerprint density at radius 2 is 1.64 bits per heavy atom. The lowest BCUT2D eigenvalue weighted by molar-refractivity contribution is -0.146. The summed E-state index contributed by atoms with van der Waals surface area (Å²) < 4.78 is 4.75. The molecule has 8 unspecified atom stereocenters. The Morgan fingerprint density at radius 3 is 2.23 bits per heavy atom. The van der Waals surface area contributed by atoms with Crippen LogP contribution in [0.5, 0.6) is 0 Å². The molecule has 7 nitrogen and oxygen atoms in total. The molecule has 0 amide bonds. The third-order valence-electron chi connectivity index (χ3n) is 12.3. The van der Waals surface area contributed by atoms with Crippen LogP contribution >= 0.6 is 0 Å². The van der Waals surface area contributed by atoms with Crippen LogP contribution in [0.2, 0.25) is 0 Å². The predicted octanol–water partition coefficient (Wildman–Crippen LogP) is 4.53. The molecule has 7 heteroatoms. The number of allylic oxidation sites excluding steroid dienone is 3. The van der Waals surface area contributed by atoms with Gasteiger partial charge in [0.15, 0.2) is 17.3 Å². The summed E-state index contributed by atoms with van der Waals surface area (Å²) in [6.45, 7) is 15.5. The van der Waals surface area contributed by atoms with E-state index in [9.17, 15) is 29.4 Å². The van der Waals surface area contributed by atoms with Crippen LogP contribution in [-0.2, 0) is 23.9 Å². The maximum atomic E-state index is 14.2. The van der Waals surface area contributed by atoms with Gasteiger partial charge in [0.2, 0.25) is 0 Å². The zero-order valence-electron chi connectivity index (χ0n) is 25.1.